The predicted octanol–water partition coefficient (Wildman–Crippen LogP) is 3.31. The molecule has 0 atom stereocenters. The fourth-order valence-electron chi connectivity index (χ4n) is 2.47. The molecule has 0 amide bonds. The minimum atomic E-state index is -1.19. The van der Waals surface area contributed by atoms with Gasteiger partial charge in [-0.25, -0.2) is 4.79 Å². The lowest BCUT2D eigenvalue weighted by Crippen LogP contribution is -2.20. The van der Waals surface area contributed by atoms with Gasteiger partial charge in [-0.15, -0.1) is 0 Å². The number of aromatic carboxylic acids is 1. The molecule has 108 valence electrons. The SMILES string of the molecule is Cc1c(OC2CCCCC2)cc(C(=O)O)cc1[N+](=O)[O-]. The van der Waals surface area contributed by atoms with Crippen molar-refractivity contribution in [1.82, 2.24) is 0 Å². The molecule has 0 spiro atoms. The van der Waals surface area contributed by atoms with E-state index in [0.717, 1.165) is 31.7 Å². The van der Waals surface area contributed by atoms with Crippen LogP contribution in [0.5, 0.6) is 5.75 Å². The van der Waals surface area contributed by atoms with Crippen LogP contribution in [0.4, 0.5) is 5.69 Å². The Hall–Kier alpha value is -2.11. The Balaban J connectivity index is 2.34. The van der Waals surface area contributed by atoms with E-state index in [9.17, 15) is 14.9 Å². The molecule has 1 saturated carbocycles. The summed E-state index contributed by atoms with van der Waals surface area (Å²) in [4.78, 5) is 21.5. The first kappa shape index (κ1) is 14.3. The van der Waals surface area contributed by atoms with Crippen LogP contribution in [0.2, 0.25) is 0 Å². The third-order valence-electron chi connectivity index (χ3n) is 3.62. The molecule has 2 rings (SSSR count). The molecule has 1 aromatic rings. The van der Waals surface area contributed by atoms with Gasteiger partial charge in [-0.05, 0) is 38.7 Å². The highest BCUT2D eigenvalue weighted by molar-refractivity contribution is 5.89. The summed E-state index contributed by atoms with van der Waals surface area (Å²) >= 11 is 0. The molecule has 0 saturated heterocycles. The molecule has 1 aliphatic carbocycles. The topological polar surface area (TPSA) is 89.7 Å². The second-order valence-corrected chi connectivity index (χ2v) is 5.06. The standard InChI is InChI=1S/C14H17NO5/c1-9-12(15(18)19)7-10(14(16)17)8-13(9)20-11-5-3-2-4-6-11/h7-8,11H,2-6H2,1H3,(H,16,17). The summed E-state index contributed by atoms with van der Waals surface area (Å²) in [5.41, 5.74) is 0.0504. The molecule has 0 radical (unpaired) electrons. The zero-order chi connectivity index (χ0) is 14.7. The van der Waals surface area contributed by atoms with Crippen LogP contribution < -0.4 is 4.74 Å². The Morgan fingerprint density at radius 1 is 1.35 bits per heavy atom. The molecule has 1 fully saturated rings. The van der Waals surface area contributed by atoms with Crippen LogP contribution in [0, 0.1) is 17.0 Å². The average Bonchev–Trinajstić information content (AvgIpc) is 2.41. The first-order valence-corrected chi connectivity index (χ1v) is 6.68. The fraction of sp³-hybridized carbons (Fsp3) is 0.500. The zero-order valence-electron chi connectivity index (χ0n) is 11.3. The van der Waals surface area contributed by atoms with Crippen molar-refractivity contribution in [2.75, 3.05) is 0 Å². The molecular formula is C14H17NO5. The van der Waals surface area contributed by atoms with Gasteiger partial charge in [0.1, 0.15) is 5.75 Å². The van der Waals surface area contributed by atoms with Crippen molar-refractivity contribution in [2.24, 2.45) is 0 Å². The summed E-state index contributed by atoms with van der Waals surface area (Å²) in [6.07, 6.45) is 5.16. The van der Waals surface area contributed by atoms with Gasteiger partial charge in [-0.3, -0.25) is 10.1 Å². The van der Waals surface area contributed by atoms with E-state index in [4.69, 9.17) is 9.84 Å². The van der Waals surface area contributed by atoms with E-state index in [1.165, 1.54) is 12.5 Å². The van der Waals surface area contributed by atoms with E-state index in [1.54, 1.807) is 6.92 Å². The maximum Gasteiger partial charge on any atom is 0.336 e. The second kappa shape index (κ2) is 5.90. The number of carboxylic acids is 1. The Morgan fingerprint density at radius 2 is 2.00 bits per heavy atom. The number of nitro groups is 1. The molecular weight excluding hydrogens is 262 g/mol. The summed E-state index contributed by atoms with van der Waals surface area (Å²) < 4.78 is 5.80. The molecule has 0 aliphatic heterocycles. The number of hydrogen-bond acceptors (Lipinski definition) is 4. The van der Waals surface area contributed by atoms with E-state index in [-0.39, 0.29) is 17.4 Å². The van der Waals surface area contributed by atoms with Crippen LogP contribution in [0.15, 0.2) is 12.1 Å². The van der Waals surface area contributed by atoms with Crippen LogP contribution in [0.25, 0.3) is 0 Å². The maximum atomic E-state index is 11.1. The van der Waals surface area contributed by atoms with Crippen molar-refractivity contribution in [1.29, 1.82) is 0 Å². The van der Waals surface area contributed by atoms with Gasteiger partial charge in [-0.1, -0.05) is 6.42 Å². The lowest BCUT2D eigenvalue weighted by Gasteiger charge is -2.24. The number of nitrogens with zero attached hydrogens (tertiary/aromatic N) is 1. The highest BCUT2D eigenvalue weighted by Gasteiger charge is 2.22. The quantitative estimate of drug-likeness (QED) is 0.674. The molecule has 6 heteroatoms. The van der Waals surface area contributed by atoms with E-state index in [0.29, 0.717) is 11.3 Å². The van der Waals surface area contributed by atoms with Crippen molar-refractivity contribution in [3.8, 4) is 5.75 Å². The van der Waals surface area contributed by atoms with E-state index in [1.807, 2.05) is 0 Å². The number of nitro benzene ring substituents is 1. The number of hydrogen-bond donors (Lipinski definition) is 1. The van der Waals surface area contributed by atoms with E-state index >= 15 is 0 Å². The Bertz CT molecular complexity index is 535. The third-order valence-corrected chi connectivity index (χ3v) is 3.62. The van der Waals surface area contributed by atoms with Crippen molar-refractivity contribution < 1.29 is 19.6 Å². The second-order valence-electron chi connectivity index (χ2n) is 5.06. The summed E-state index contributed by atoms with van der Waals surface area (Å²) in [7, 11) is 0. The molecule has 0 bridgehead atoms. The van der Waals surface area contributed by atoms with Gasteiger partial charge >= 0.3 is 5.97 Å². The monoisotopic (exact) mass is 279 g/mol. The highest BCUT2D eigenvalue weighted by Crippen LogP contribution is 2.32. The van der Waals surface area contributed by atoms with Crippen LogP contribution in [0.1, 0.15) is 48.0 Å². The fourth-order valence-corrected chi connectivity index (χ4v) is 2.47. The lowest BCUT2D eigenvalue weighted by atomic mass is 9.97. The Kier molecular flexibility index (Phi) is 4.22. The smallest absolute Gasteiger partial charge is 0.336 e. The van der Waals surface area contributed by atoms with Gasteiger partial charge in [0.2, 0.25) is 0 Å². The van der Waals surface area contributed by atoms with Crippen LogP contribution in [-0.2, 0) is 0 Å². The van der Waals surface area contributed by atoms with Gasteiger partial charge in [0.25, 0.3) is 5.69 Å². The summed E-state index contributed by atoms with van der Waals surface area (Å²) in [5.74, 6) is -0.884. The van der Waals surface area contributed by atoms with Crippen molar-refractivity contribution in [3.05, 3.63) is 33.4 Å². The molecule has 0 aromatic heterocycles. The lowest BCUT2D eigenvalue weighted by molar-refractivity contribution is -0.385. The Labute approximate surface area is 116 Å². The molecule has 0 unspecified atom stereocenters. The molecule has 0 heterocycles. The Morgan fingerprint density at radius 3 is 2.55 bits per heavy atom. The summed E-state index contributed by atoms with van der Waals surface area (Å²) in [6.45, 7) is 1.59. The van der Waals surface area contributed by atoms with Crippen molar-refractivity contribution in [2.45, 2.75) is 45.1 Å². The molecule has 6 nitrogen and oxygen atoms in total. The molecule has 20 heavy (non-hydrogen) atoms. The van der Waals surface area contributed by atoms with Gasteiger partial charge in [0, 0.05) is 6.07 Å². The van der Waals surface area contributed by atoms with Crippen LogP contribution in [-0.4, -0.2) is 22.1 Å². The van der Waals surface area contributed by atoms with E-state index in [2.05, 4.69) is 0 Å². The molecule has 1 aliphatic rings. The number of rotatable bonds is 4. The minimum absolute atomic E-state index is 0.0195. The van der Waals surface area contributed by atoms with Crippen molar-refractivity contribution >= 4 is 11.7 Å². The van der Waals surface area contributed by atoms with Gasteiger partial charge in [-0.2, -0.15) is 0 Å². The first-order chi connectivity index (χ1) is 9.49. The largest absolute Gasteiger partial charge is 0.490 e. The molecule has 1 N–H and O–H groups in total. The van der Waals surface area contributed by atoms with Gasteiger partial charge in [0.15, 0.2) is 0 Å². The number of ether oxygens (including phenoxy) is 1. The van der Waals surface area contributed by atoms with E-state index < -0.39 is 10.9 Å². The number of carbonyl (C=O) groups is 1. The first-order valence-electron chi connectivity index (χ1n) is 6.68. The van der Waals surface area contributed by atoms with Crippen LogP contribution >= 0.6 is 0 Å². The minimum Gasteiger partial charge on any atom is -0.490 e. The van der Waals surface area contributed by atoms with Gasteiger partial charge in [0.05, 0.1) is 22.2 Å². The van der Waals surface area contributed by atoms with Crippen LogP contribution in [0.3, 0.4) is 0 Å². The third kappa shape index (κ3) is 3.07. The predicted molar refractivity (Wildman–Crippen MR) is 72.3 cm³/mol. The normalized spacial score (nSPS) is 15.8. The zero-order valence-corrected chi connectivity index (χ0v) is 11.3. The summed E-state index contributed by atoms with van der Waals surface area (Å²) in [6, 6.07) is 2.45. The molecule has 1 aromatic carbocycles. The number of benzene rings is 1. The van der Waals surface area contributed by atoms with Gasteiger partial charge < -0.3 is 9.84 Å². The highest BCUT2D eigenvalue weighted by atomic mass is 16.6. The maximum absolute atomic E-state index is 11.1. The average molecular weight is 279 g/mol. The van der Waals surface area contributed by atoms with Crippen molar-refractivity contribution in [3.63, 3.8) is 0 Å². The summed E-state index contributed by atoms with van der Waals surface area (Å²) in [5, 5.41) is 20.0. The number of carboxylic acid groups (broad SMARTS) is 1.